The molecule has 0 saturated heterocycles. The Labute approximate surface area is 306 Å². The Hall–Kier alpha value is -5.08. The Morgan fingerprint density at radius 2 is 1.25 bits per heavy atom. The van der Waals surface area contributed by atoms with Gasteiger partial charge in [-0.05, 0) is 93.3 Å². The van der Waals surface area contributed by atoms with Crippen molar-refractivity contribution in [3.8, 4) is 22.8 Å². The minimum absolute atomic E-state index is 0.242. The highest BCUT2D eigenvalue weighted by molar-refractivity contribution is 5.70. The molecule has 0 amide bonds. The van der Waals surface area contributed by atoms with Gasteiger partial charge in [-0.3, -0.25) is 9.59 Å². The van der Waals surface area contributed by atoms with Crippen molar-refractivity contribution in [2.45, 2.75) is 91.5 Å². The minimum atomic E-state index is -0.460. The van der Waals surface area contributed by atoms with E-state index in [0.29, 0.717) is 51.2 Å². The van der Waals surface area contributed by atoms with Gasteiger partial charge in [0.25, 0.3) is 0 Å². The predicted octanol–water partition coefficient (Wildman–Crippen LogP) is 5.63. The molecule has 280 valence electrons. The number of rotatable bonds is 18. The number of benzene rings is 2. The number of tetrazole rings is 2. The third-order valence-electron chi connectivity index (χ3n) is 6.76. The number of aromatic nitrogens is 8. The average Bonchev–Trinajstić information content (AvgIpc) is 3.74. The molecule has 0 atom stereocenters. The predicted molar refractivity (Wildman–Crippen MR) is 197 cm³/mol. The van der Waals surface area contributed by atoms with Crippen LogP contribution in [0, 0.1) is 0 Å². The molecule has 2 aromatic carbocycles. The number of carbonyl (C=O) groups excluding carboxylic acids is 2. The largest absolute Gasteiger partial charge is 0.460 e. The second kappa shape index (κ2) is 20.7. The first-order valence-corrected chi connectivity index (χ1v) is 17.3. The second-order valence-corrected chi connectivity index (χ2v) is 13.7. The van der Waals surface area contributed by atoms with E-state index < -0.39 is 11.2 Å². The SMILES string of the molecule is C=CCn1nnc(-c2cccc(CCOCCC(=O)OC(C)(C)C)c2)n1.C=CCn1nnnc1-c1cccc(CCOCCC(=O)OC(C)(C)C)c1. The van der Waals surface area contributed by atoms with Gasteiger partial charge in [0, 0.05) is 11.1 Å². The number of hydrogen-bond acceptors (Lipinski definition) is 12. The fraction of sp³-hybridized carbons (Fsp3) is 0.474. The maximum atomic E-state index is 11.6. The molecule has 0 aliphatic heterocycles. The van der Waals surface area contributed by atoms with Crippen molar-refractivity contribution in [1.29, 1.82) is 0 Å². The molecule has 0 fully saturated rings. The van der Waals surface area contributed by atoms with Crippen LogP contribution in [-0.2, 0) is 54.5 Å². The Kier molecular flexibility index (Phi) is 16.4. The zero-order chi connectivity index (χ0) is 38.0. The van der Waals surface area contributed by atoms with Gasteiger partial charge in [-0.15, -0.1) is 28.5 Å². The minimum Gasteiger partial charge on any atom is -0.460 e. The third-order valence-corrected chi connectivity index (χ3v) is 6.76. The Bertz CT molecular complexity index is 1720. The zero-order valence-corrected chi connectivity index (χ0v) is 31.3. The van der Waals surface area contributed by atoms with Crippen LogP contribution in [0.5, 0.6) is 0 Å². The molecule has 0 bridgehead atoms. The topological polar surface area (TPSA) is 158 Å². The Balaban J connectivity index is 0.000000280. The summed E-state index contributed by atoms with van der Waals surface area (Å²) in [5.41, 5.74) is 3.17. The molecule has 0 N–H and O–H groups in total. The lowest BCUT2D eigenvalue weighted by Gasteiger charge is -2.19. The van der Waals surface area contributed by atoms with Crippen LogP contribution in [-0.4, -0.2) is 90.0 Å². The summed E-state index contributed by atoms with van der Waals surface area (Å²) in [5, 5.41) is 24.1. The van der Waals surface area contributed by atoms with Gasteiger partial charge in [-0.1, -0.05) is 48.6 Å². The number of nitrogens with zero attached hydrogens (tertiary/aromatic N) is 8. The number of esters is 2. The molecule has 2 aromatic heterocycles. The van der Waals surface area contributed by atoms with E-state index in [1.807, 2.05) is 90.1 Å². The van der Waals surface area contributed by atoms with Crippen LogP contribution in [0.1, 0.15) is 65.5 Å². The highest BCUT2D eigenvalue weighted by atomic mass is 16.6. The summed E-state index contributed by atoms with van der Waals surface area (Å²) in [5.74, 6) is 0.805. The van der Waals surface area contributed by atoms with Crippen molar-refractivity contribution >= 4 is 11.9 Å². The van der Waals surface area contributed by atoms with Crippen molar-refractivity contribution < 1.29 is 28.5 Å². The van der Waals surface area contributed by atoms with E-state index in [9.17, 15) is 9.59 Å². The van der Waals surface area contributed by atoms with Crippen LogP contribution in [0.25, 0.3) is 22.8 Å². The number of carbonyl (C=O) groups is 2. The average molecular weight is 717 g/mol. The zero-order valence-electron chi connectivity index (χ0n) is 31.3. The number of ether oxygens (including phenoxy) is 4. The van der Waals surface area contributed by atoms with Gasteiger partial charge in [-0.25, -0.2) is 4.68 Å². The van der Waals surface area contributed by atoms with Gasteiger partial charge in [0.15, 0.2) is 5.82 Å². The fourth-order valence-electron chi connectivity index (χ4n) is 4.62. The quantitative estimate of drug-likeness (QED) is 0.0711. The summed E-state index contributed by atoms with van der Waals surface area (Å²) in [4.78, 5) is 24.7. The monoisotopic (exact) mass is 716 g/mol. The van der Waals surface area contributed by atoms with E-state index in [-0.39, 0.29) is 24.8 Å². The lowest BCUT2D eigenvalue weighted by Crippen LogP contribution is -2.24. The van der Waals surface area contributed by atoms with Crippen LogP contribution in [0.3, 0.4) is 0 Å². The molecule has 52 heavy (non-hydrogen) atoms. The highest BCUT2D eigenvalue weighted by Gasteiger charge is 2.17. The lowest BCUT2D eigenvalue weighted by molar-refractivity contribution is -0.157. The first-order chi connectivity index (χ1) is 24.8. The van der Waals surface area contributed by atoms with Crippen LogP contribution >= 0.6 is 0 Å². The summed E-state index contributed by atoms with van der Waals surface area (Å²) in [6.07, 6.45) is 5.47. The van der Waals surface area contributed by atoms with Gasteiger partial charge in [0.05, 0.1) is 52.4 Å². The van der Waals surface area contributed by atoms with E-state index in [1.165, 1.54) is 4.80 Å². The summed E-state index contributed by atoms with van der Waals surface area (Å²) >= 11 is 0. The van der Waals surface area contributed by atoms with Crippen molar-refractivity contribution in [3.63, 3.8) is 0 Å². The summed E-state index contributed by atoms with van der Waals surface area (Å²) in [6.45, 7) is 21.3. The van der Waals surface area contributed by atoms with Crippen LogP contribution in [0.2, 0.25) is 0 Å². The van der Waals surface area contributed by atoms with Crippen molar-refractivity contribution in [1.82, 2.24) is 40.4 Å². The van der Waals surface area contributed by atoms with E-state index in [4.69, 9.17) is 18.9 Å². The maximum absolute atomic E-state index is 11.6. The van der Waals surface area contributed by atoms with Gasteiger partial charge in [-0.2, -0.15) is 4.80 Å². The van der Waals surface area contributed by atoms with Crippen LogP contribution in [0.4, 0.5) is 0 Å². The number of allylic oxidation sites excluding steroid dienone is 2. The molecule has 4 rings (SSSR count). The standard InChI is InChI=1S/2C19H26N4O3/c1-5-11-23-18(20-21-22-23)16-8-6-7-15(14-16)9-12-25-13-10-17(24)26-19(2,3)4;1-5-11-23-21-18(20-22-23)16-8-6-7-15(14-16)9-12-25-13-10-17(24)26-19(2,3)4/h2*5-8,14H,1,9-13H2,2-4H3. The third kappa shape index (κ3) is 15.9. The summed E-state index contributed by atoms with van der Waals surface area (Å²) in [6, 6.07) is 16.0. The highest BCUT2D eigenvalue weighted by Crippen LogP contribution is 2.18. The molecule has 0 unspecified atom stereocenters. The molecule has 2 heterocycles. The molecular formula is C38H52N8O6. The molecule has 0 spiro atoms. The van der Waals surface area contributed by atoms with Gasteiger partial charge in [0.2, 0.25) is 5.82 Å². The van der Waals surface area contributed by atoms with Crippen LogP contribution in [0.15, 0.2) is 73.8 Å². The maximum Gasteiger partial charge on any atom is 0.308 e. The van der Waals surface area contributed by atoms with Crippen molar-refractivity contribution in [3.05, 3.63) is 85.0 Å². The fourth-order valence-corrected chi connectivity index (χ4v) is 4.62. The normalized spacial score (nSPS) is 11.3. The van der Waals surface area contributed by atoms with Crippen molar-refractivity contribution in [2.24, 2.45) is 0 Å². The molecule has 4 aromatic rings. The van der Waals surface area contributed by atoms with Gasteiger partial charge >= 0.3 is 11.9 Å². The summed E-state index contributed by atoms with van der Waals surface area (Å²) in [7, 11) is 0. The smallest absolute Gasteiger partial charge is 0.308 e. The van der Waals surface area contributed by atoms with E-state index in [2.05, 4.69) is 44.1 Å². The molecule has 14 heteroatoms. The Morgan fingerprint density at radius 1 is 0.712 bits per heavy atom. The van der Waals surface area contributed by atoms with Crippen LogP contribution < -0.4 is 0 Å². The molecule has 0 aliphatic rings. The number of hydrogen-bond donors (Lipinski definition) is 0. The Morgan fingerprint density at radius 3 is 1.79 bits per heavy atom. The molecular weight excluding hydrogens is 664 g/mol. The molecule has 0 saturated carbocycles. The second-order valence-electron chi connectivity index (χ2n) is 13.7. The van der Waals surface area contributed by atoms with Gasteiger partial charge in [0.1, 0.15) is 11.2 Å². The van der Waals surface area contributed by atoms with Crippen molar-refractivity contribution in [2.75, 3.05) is 26.4 Å². The summed E-state index contributed by atoms with van der Waals surface area (Å²) < 4.78 is 23.3. The molecule has 0 radical (unpaired) electrons. The first-order valence-electron chi connectivity index (χ1n) is 17.3. The van der Waals surface area contributed by atoms with Gasteiger partial charge < -0.3 is 18.9 Å². The molecule has 14 nitrogen and oxygen atoms in total. The van der Waals surface area contributed by atoms with E-state index in [1.54, 1.807) is 16.8 Å². The van der Waals surface area contributed by atoms with E-state index in [0.717, 1.165) is 35.1 Å². The molecule has 0 aliphatic carbocycles. The first kappa shape index (κ1) is 41.3. The lowest BCUT2D eigenvalue weighted by atomic mass is 10.1. The van der Waals surface area contributed by atoms with E-state index >= 15 is 0 Å².